The largest absolute Gasteiger partial charge is 0.494 e. The van der Waals surface area contributed by atoms with Gasteiger partial charge in [-0.3, -0.25) is 0 Å². The minimum atomic E-state index is -3.92. The maximum absolute atomic E-state index is 14.2. The third-order valence-electron chi connectivity index (χ3n) is 6.02. The first-order valence-electron chi connectivity index (χ1n) is 10.8. The van der Waals surface area contributed by atoms with Crippen LogP contribution in [-0.2, 0) is 16.4 Å². The average Bonchev–Trinajstić information content (AvgIpc) is 3.23. The lowest BCUT2D eigenvalue weighted by Crippen LogP contribution is -2.43. The van der Waals surface area contributed by atoms with E-state index in [4.69, 9.17) is 4.74 Å². The van der Waals surface area contributed by atoms with Crippen LogP contribution < -0.4 is 15.0 Å². The average molecular weight is 451 g/mol. The van der Waals surface area contributed by atoms with Gasteiger partial charge >= 0.3 is 0 Å². The number of hydrogen-bond acceptors (Lipinski definition) is 6. The first-order chi connectivity index (χ1) is 15.6. The molecule has 3 aromatic carbocycles. The molecular formula is C24H26N4O3S. The van der Waals surface area contributed by atoms with Crippen LogP contribution in [0.25, 0.3) is 21.8 Å². The zero-order chi connectivity index (χ0) is 22.3. The number of aryl methyl sites for hydroxylation is 1. The highest BCUT2D eigenvalue weighted by atomic mass is 32.2. The van der Waals surface area contributed by atoms with Crippen molar-refractivity contribution in [2.24, 2.45) is 0 Å². The number of aromatic nitrogens is 2. The highest BCUT2D eigenvalue weighted by Gasteiger charge is 2.29. The second-order valence-corrected chi connectivity index (χ2v) is 9.60. The molecule has 0 atom stereocenters. The second kappa shape index (κ2) is 8.11. The lowest BCUT2D eigenvalue weighted by molar-refractivity contribution is 0.417. The Hall–Kier alpha value is -3.10. The summed E-state index contributed by atoms with van der Waals surface area (Å²) in [5.74, 6) is 1.22. The van der Waals surface area contributed by atoms with E-state index in [-0.39, 0.29) is 4.90 Å². The van der Waals surface area contributed by atoms with Crippen LogP contribution in [0.3, 0.4) is 0 Å². The molecule has 4 aromatic rings. The van der Waals surface area contributed by atoms with Crippen LogP contribution in [0.4, 0.5) is 5.69 Å². The number of fused-ring (bicyclic) bond motifs is 2. The number of nitrogens with zero attached hydrogens (tertiary/aromatic N) is 3. The van der Waals surface area contributed by atoms with E-state index < -0.39 is 10.0 Å². The summed E-state index contributed by atoms with van der Waals surface area (Å²) < 4.78 is 35.6. The predicted molar refractivity (Wildman–Crippen MR) is 127 cm³/mol. The highest BCUT2D eigenvalue weighted by Crippen LogP contribution is 2.41. The molecule has 1 saturated heterocycles. The molecule has 1 aliphatic rings. The van der Waals surface area contributed by atoms with E-state index in [0.29, 0.717) is 34.4 Å². The Bertz CT molecular complexity index is 1410. The summed E-state index contributed by atoms with van der Waals surface area (Å²) in [6.45, 7) is 5.16. The van der Waals surface area contributed by atoms with Gasteiger partial charge in [0.05, 0.1) is 28.7 Å². The smallest absolute Gasteiger partial charge is 0.270 e. The topological polar surface area (TPSA) is 76.5 Å². The van der Waals surface area contributed by atoms with Gasteiger partial charge in [-0.15, -0.1) is 0 Å². The molecule has 1 N–H and O–H groups in total. The Kier molecular flexibility index (Phi) is 5.27. The predicted octanol–water partition coefficient (Wildman–Crippen LogP) is 3.41. The van der Waals surface area contributed by atoms with E-state index in [2.05, 4.69) is 15.2 Å². The molecule has 1 aliphatic heterocycles. The third kappa shape index (κ3) is 3.22. The first-order valence-corrected chi connectivity index (χ1v) is 12.3. The maximum Gasteiger partial charge on any atom is 0.270 e. The summed E-state index contributed by atoms with van der Waals surface area (Å²) in [5, 5.41) is 4.77. The number of hydrogen-bond donors (Lipinski definition) is 1. The van der Waals surface area contributed by atoms with Crippen LogP contribution in [0.2, 0.25) is 0 Å². The van der Waals surface area contributed by atoms with Crippen LogP contribution in [0.15, 0.2) is 59.5 Å². The molecule has 166 valence electrons. The van der Waals surface area contributed by atoms with Gasteiger partial charge in [-0.1, -0.05) is 43.3 Å². The fourth-order valence-corrected chi connectivity index (χ4v) is 6.29. The Balaban J connectivity index is 1.83. The van der Waals surface area contributed by atoms with Gasteiger partial charge in [-0.05, 0) is 18.2 Å². The molecular weight excluding hydrogens is 424 g/mol. The van der Waals surface area contributed by atoms with E-state index in [1.54, 1.807) is 13.2 Å². The van der Waals surface area contributed by atoms with Gasteiger partial charge in [-0.25, -0.2) is 17.4 Å². The summed E-state index contributed by atoms with van der Waals surface area (Å²) in [4.78, 5) is 7.04. The summed E-state index contributed by atoms with van der Waals surface area (Å²) in [6.07, 6.45) is 0.507. The Morgan fingerprint density at radius 3 is 2.44 bits per heavy atom. The number of benzene rings is 3. The molecule has 0 amide bonds. The molecule has 0 bridgehead atoms. The van der Waals surface area contributed by atoms with Crippen molar-refractivity contribution in [2.45, 2.75) is 18.2 Å². The quantitative estimate of drug-likeness (QED) is 0.502. The van der Waals surface area contributed by atoms with Crippen LogP contribution >= 0.6 is 0 Å². The Labute approximate surface area is 187 Å². The molecule has 8 heteroatoms. The van der Waals surface area contributed by atoms with Crippen LogP contribution in [0, 0.1) is 0 Å². The van der Waals surface area contributed by atoms with Crippen molar-refractivity contribution in [3.63, 3.8) is 0 Å². The fourth-order valence-electron chi connectivity index (χ4n) is 4.51. The Morgan fingerprint density at radius 1 is 1.03 bits per heavy atom. The molecule has 0 spiro atoms. The van der Waals surface area contributed by atoms with Gasteiger partial charge in [0.25, 0.3) is 10.0 Å². The fraction of sp³-hybridized carbons (Fsp3) is 0.292. The number of rotatable bonds is 5. The molecule has 5 rings (SSSR count). The zero-order valence-electron chi connectivity index (χ0n) is 18.2. The summed E-state index contributed by atoms with van der Waals surface area (Å²) in [5.41, 5.74) is 2.06. The summed E-state index contributed by atoms with van der Waals surface area (Å²) in [6, 6.07) is 16.7. The molecule has 7 nitrogen and oxygen atoms in total. The molecule has 1 fully saturated rings. The highest BCUT2D eigenvalue weighted by molar-refractivity contribution is 7.90. The van der Waals surface area contributed by atoms with Crippen molar-refractivity contribution < 1.29 is 13.2 Å². The molecule has 2 heterocycles. The van der Waals surface area contributed by atoms with Crippen LogP contribution in [-0.4, -0.2) is 50.7 Å². The maximum atomic E-state index is 14.2. The first kappa shape index (κ1) is 20.8. The molecule has 0 aliphatic carbocycles. The lowest BCUT2D eigenvalue weighted by atomic mass is 10.1. The molecule has 0 unspecified atom stereocenters. The van der Waals surface area contributed by atoms with Crippen molar-refractivity contribution in [3.05, 3.63) is 60.4 Å². The molecule has 32 heavy (non-hydrogen) atoms. The Morgan fingerprint density at radius 2 is 1.72 bits per heavy atom. The van der Waals surface area contributed by atoms with E-state index in [1.807, 2.05) is 55.5 Å². The second-order valence-electron chi connectivity index (χ2n) is 7.85. The van der Waals surface area contributed by atoms with E-state index in [1.165, 1.54) is 3.97 Å². The minimum Gasteiger partial charge on any atom is -0.494 e. The van der Waals surface area contributed by atoms with Gasteiger partial charge in [0.2, 0.25) is 0 Å². The number of ether oxygens (including phenoxy) is 1. The van der Waals surface area contributed by atoms with Crippen molar-refractivity contribution in [2.75, 3.05) is 38.2 Å². The van der Waals surface area contributed by atoms with Crippen molar-refractivity contribution >= 4 is 37.5 Å². The van der Waals surface area contributed by atoms with Crippen molar-refractivity contribution in [1.29, 1.82) is 0 Å². The van der Waals surface area contributed by atoms with Crippen molar-refractivity contribution in [1.82, 2.24) is 14.3 Å². The van der Waals surface area contributed by atoms with Gasteiger partial charge in [0.1, 0.15) is 11.6 Å². The summed E-state index contributed by atoms with van der Waals surface area (Å²) in [7, 11) is -2.28. The van der Waals surface area contributed by atoms with E-state index in [0.717, 1.165) is 37.3 Å². The number of para-hydroxylation sites is 2. The zero-order valence-corrected chi connectivity index (χ0v) is 19.0. The standard InChI is InChI=1S/C24H26N4O3S/c1-3-23-26-19-10-6-7-11-20(19)28(23)32(29,30)22-16-21(27-14-12-25-13-15-27)24(31-2)18-9-5-4-8-17(18)22/h4-11,16,25H,3,12-15H2,1-2H3. The normalized spacial score (nSPS) is 14.9. The molecule has 1 aromatic heterocycles. The number of anilines is 1. The minimum absolute atomic E-state index is 0.264. The van der Waals surface area contributed by atoms with E-state index >= 15 is 0 Å². The molecule has 0 radical (unpaired) electrons. The van der Waals surface area contributed by atoms with Gasteiger partial charge in [0, 0.05) is 43.4 Å². The van der Waals surface area contributed by atoms with Gasteiger partial charge < -0.3 is 15.0 Å². The number of imidazole rings is 1. The SMILES string of the molecule is CCc1nc2ccccc2n1S(=O)(=O)c1cc(N2CCNCC2)c(OC)c2ccccc12. The monoisotopic (exact) mass is 450 g/mol. The van der Waals surface area contributed by atoms with Gasteiger partial charge in [0.15, 0.2) is 0 Å². The summed E-state index contributed by atoms with van der Waals surface area (Å²) >= 11 is 0. The number of nitrogens with one attached hydrogen (secondary N) is 1. The number of piperazine rings is 1. The lowest BCUT2D eigenvalue weighted by Gasteiger charge is -2.31. The van der Waals surface area contributed by atoms with Gasteiger partial charge in [-0.2, -0.15) is 0 Å². The van der Waals surface area contributed by atoms with Crippen molar-refractivity contribution in [3.8, 4) is 5.75 Å². The van der Waals surface area contributed by atoms with E-state index in [9.17, 15) is 8.42 Å². The third-order valence-corrected chi connectivity index (χ3v) is 7.80. The number of methoxy groups -OCH3 is 1. The van der Waals surface area contributed by atoms with Crippen LogP contribution in [0.5, 0.6) is 5.75 Å². The molecule has 0 saturated carbocycles. The van der Waals surface area contributed by atoms with Crippen LogP contribution in [0.1, 0.15) is 12.7 Å².